The molecule has 1 aliphatic heterocycles. The topological polar surface area (TPSA) is 33.2 Å². The molecule has 1 saturated heterocycles. The van der Waals surface area contributed by atoms with Crippen LogP contribution in [0, 0.1) is 0 Å². The average molecular weight is 253 g/mol. The van der Waals surface area contributed by atoms with Gasteiger partial charge in [0.1, 0.15) is 0 Å². The van der Waals surface area contributed by atoms with E-state index in [1.54, 1.807) is 18.5 Å². The smallest absolute Gasteiger partial charge is 0.255 e. The van der Waals surface area contributed by atoms with Crippen molar-refractivity contribution >= 4 is 17.5 Å². The van der Waals surface area contributed by atoms with Crippen molar-refractivity contribution in [3.63, 3.8) is 0 Å². The lowest BCUT2D eigenvalue weighted by atomic mass is 10.1. The molecule has 4 heteroatoms. The summed E-state index contributed by atoms with van der Waals surface area (Å²) in [6.07, 6.45) is 7.73. The Morgan fingerprint density at radius 3 is 3.06 bits per heavy atom. The van der Waals surface area contributed by atoms with Gasteiger partial charge in [-0.15, -0.1) is 11.6 Å². The maximum Gasteiger partial charge on any atom is 0.255 e. The number of hydrogen-bond donors (Lipinski definition) is 0. The highest BCUT2D eigenvalue weighted by molar-refractivity contribution is 6.18. The molecule has 1 aliphatic rings. The van der Waals surface area contributed by atoms with Crippen LogP contribution in [0.3, 0.4) is 0 Å². The number of carbonyl (C=O) groups is 1. The molecule has 0 aliphatic carbocycles. The Balaban J connectivity index is 2.16. The molecule has 1 atom stereocenters. The van der Waals surface area contributed by atoms with Crippen molar-refractivity contribution in [2.24, 2.45) is 0 Å². The lowest BCUT2D eigenvalue weighted by Crippen LogP contribution is -2.41. The van der Waals surface area contributed by atoms with Crippen LogP contribution in [0.4, 0.5) is 0 Å². The minimum Gasteiger partial charge on any atom is -0.334 e. The first-order valence-corrected chi connectivity index (χ1v) is 6.63. The van der Waals surface area contributed by atoms with E-state index >= 15 is 0 Å². The Kier molecular flexibility index (Phi) is 4.37. The molecule has 0 N–H and O–H groups in total. The zero-order chi connectivity index (χ0) is 12.1. The first kappa shape index (κ1) is 12.4. The van der Waals surface area contributed by atoms with Crippen LogP contribution in [0.15, 0.2) is 24.5 Å². The summed E-state index contributed by atoms with van der Waals surface area (Å²) < 4.78 is 0. The Morgan fingerprint density at radius 2 is 2.35 bits per heavy atom. The quantitative estimate of drug-likeness (QED) is 0.759. The molecule has 1 fully saturated rings. The van der Waals surface area contributed by atoms with Gasteiger partial charge in [0, 0.05) is 30.9 Å². The van der Waals surface area contributed by atoms with Gasteiger partial charge < -0.3 is 4.90 Å². The van der Waals surface area contributed by atoms with Crippen molar-refractivity contribution in [3.05, 3.63) is 30.1 Å². The van der Waals surface area contributed by atoms with Gasteiger partial charge in [-0.2, -0.15) is 0 Å². The van der Waals surface area contributed by atoms with Crippen molar-refractivity contribution < 1.29 is 4.79 Å². The predicted octanol–water partition coefficient (Wildman–Crippen LogP) is 2.71. The van der Waals surface area contributed by atoms with Crippen molar-refractivity contribution in [3.8, 4) is 0 Å². The molecular formula is C13H17ClN2O. The highest BCUT2D eigenvalue weighted by Gasteiger charge is 2.25. The summed E-state index contributed by atoms with van der Waals surface area (Å²) in [6.45, 7) is 0.811. The van der Waals surface area contributed by atoms with E-state index in [4.69, 9.17) is 11.6 Å². The second kappa shape index (κ2) is 6.01. The van der Waals surface area contributed by atoms with Crippen LogP contribution >= 0.6 is 11.6 Å². The lowest BCUT2D eigenvalue weighted by Gasteiger charge is -2.28. The van der Waals surface area contributed by atoms with Crippen LogP contribution in [-0.2, 0) is 0 Å². The lowest BCUT2D eigenvalue weighted by molar-refractivity contribution is 0.0700. The number of pyridine rings is 1. The predicted molar refractivity (Wildman–Crippen MR) is 68.2 cm³/mol. The molecule has 0 aromatic carbocycles. The van der Waals surface area contributed by atoms with Crippen LogP contribution in [0.25, 0.3) is 0 Å². The molecule has 1 aromatic rings. The van der Waals surface area contributed by atoms with E-state index in [1.165, 1.54) is 6.42 Å². The molecule has 92 valence electrons. The Hall–Kier alpha value is -1.09. The summed E-state index contributed by atoms with van der Waals surface area (Å²) in [5, 5.41) is 0. The van der Waals surface area contributed by atoms with Crippen molar-refractivity contribution in [2.75, 3.05) is 12.4 Å². The van der Waals surface area contributed by atoms with E-state index in [1.807, 2.05) is 11.0 Å². The SMILES string of the molecule is O=C(c1cccnc1)N1CCCCCC1CCl. The number of rotatable bonds is 2. The molecule has 1 unspecified atom stereocenters. The van der Waals surface area contributed by atoms with Crippen LogP contribution in [0.5, 0.6) is 0 Å². The van der Waals surface area contributed by atoms with Crippen LogP contribution in [-0.4, -0.2) is 34.3 Å². The minimum atomic E-state index is 0.0608. The first-order valence-electron chi connectivity index (χ1n) is 6.10. The third-order valence-corrected chi connectivity index (χ3v) is 3.58. The summed E-state index contributed by atoms with van der Waals surface area (Å²) in [7, 11) is 0. The number of amides is 1. The third-order valence-electron chi connectivity index (χ3n) is 3.22. The summed E-state index contributed by atoms with van der Waals surface area (Å²) in [5.74, 6) is 0.581. The van der Waals surface area contributed by atoms with E-state index in [0.717, 1.165) is 25.8 Å². The largest absolute Gasteiger partial charge is 0.334 e. The van der Waals surface area contributed by atoms with E-state index in [2.05, 4.69) is 4.98 Å². The van der Waals surface area contributed by atoms with Gasteiger partial charge in [-0.1, -0.05) is 12.8 Å². The van der Waals surface area contributed by atoms with Crippen LogP contribution in [0.1, 0.15) is 36.0 Å². The standard InChI is InChI=1S/C13H17ClN2O/c14-9-12-6-2-1-3-8-16(12)13(17)11-5-4-7-15-10-11/h4-5,7,10,12H,1-3,6,8-9H2. The molecule has 17 heavy (non-hydrogen) atoms. The number of hydrogen-bond acceptors (Lipinski definition) is 2. The molecule has 2 rings (SSSR count). The summed E-state index contributed by atoms with van der Waals surface area (Å²) in [5.41, 5.74) is 0.657. The highest BCUT2D eigenvalue weighted by atomic mass is 35.5. The van der Waals surface area contributed by atoms with Gasteiger partial charge in [0.25, 0.3) is 5.91 Å². The molecule has 0 radical (unpaired) electrons. The molecule has 1 amide bonds. The monoisotopic (exact) mass is 252 g/mol. The molecule has 3 nitrogen and oxygen atoms in total. The average Bonchev–Trinajstić information content (AvgIpc) is 2.64. The van der Waals surface area contributed by atoms with Gasteiger partial charge in [0.2, 0.25) is 0 Å². The van der Waals surface area contributed by atoms with Gasteiger partial charge in [-0.05, 0) is 25.0 Å². The van der Waals surface area contributed by atoms with Crippen LogP contribution < -0.4 is 0 Å². The molecule has 0 spiro atoms. The maximum absolute atomic E-state index is 12.3. The number of alkyl halides is 1. The van der Waals surface area contributed by atoms with E-state index in [-0.39, 0.29) is 11.9 Å². The first-order chi connectivity index (χ1) is 8.33. The number of carbonyl (C=O) groups excluding carboxylic acids is 1. The normalized spacial score (nSPS) is 21.0. The maximum atomic E-state index is 12.3. The molecule has 0 bridgehead atoms. The van der Waals surface area contributed by atoms with E-state index < -0.39 is 0 Å². The Labute approximate surface area is 107 Å². The van der Waals surface area contributed by atoms with Gasteiger partial charge in [0.15, 0.2) is 0 Å². The third kappa shape index (κ3) is 2.97. The Morgan fingerprint density at radius 1 is 1.47 bits per heavy atom. The number of nitrogens with zero attached hydrogens (tertiary/aromatic N) is 2. The van der Waals surface area contributed by atoms with Crippen LogP contribution in [0.2, 0.25) is 0 Å². The van der Waals surface area contributed by atoms with Gasteiger partial charge in [-0.25, -0.2) is 0 Å². The fourth-order valence-corrected chi connectivity index (χ4v) is 2.58. The van der Waals surface area contributed by atoms with Gasteiger partial charge >= 0.3 is 0 Å². The second-order valence-corrected chi connectivity index (χ2v) is 4.71. The molecule has 0 saturated carbocycles. The molecule has 1 aromatic heterocycles. The number of aromatic nitrogens is 1. The van der Waals surface area contributed by atoms with Crippen molar-refractivity contribution in [1.82, 2.24) is 9.88 Å². The number of halogens is 1. The zero-order valence-electron chi connectivity index (χ0n) is 9.81. The van der Waals surface area contributed by atoms with E-state index in [0.29, 0.717) is 11.4 Å². The number of likely N-dealkylation sites (tertiary alicyclic amines) is 1. The fourth-order valence-electron chi connectivity index (χ4n) is 2.26. The van der Waals surface area contributed by atoms with E-state index in [9.17, 15) is 4.79 Å². The minimum absolute atomic E-state index is 0.0608. The summed E-state index contributed by atoms with van der Waals surface area (Å²) >= 11 is 5.97. The zero-order valence-corrected chi connectivity index (χ0v) is 10.6. The fraction of sp³-hybridized carbons (Fsp3) is 0.538. The summed E-state index contributed by atoms with van der Waals surface area (Å²) in [4.78, 5) is 18.3. The summed E-state index contributed by atoms with van der Waals surface area (Å²) in [6, 6.07) is 3.78. The van der Waals surface area contributed by atoms with Gasteiger partial charge in [-0.3, -0.25) is 9.78 Å². The van der Waals surface area contributed by atoms with Gasteiger partial charge in [0.05, 0.1) is 5.56 Å². The second-order valence-electron chi connectivity index (χ2n) is 4.40. The van der Waals surface area contributed by atoms with Crippen molar-refractivity contribution in [1.29, 1.82) is 0 Å². The van der Waals surface area contributed by atoms with Crippen molar-refractivity contribution in [2.45, 2.75) is 31.7 Å². The Bertz CT molecular complexity index is 369. The molecule has 2 heterocycles. The molecular weight excluding hydrogens is 236 g/mol. The highest BCUT2D eigenvalue weighted by Crippen LogP contribution is 2.20.